The molecule has 0 saturated carbocycles. The lowest BCUT2D eigenvalue weighted by Crippen LogP contribution is -2.00. The van der Waals surface area contributed by atoms with E-state index >= 15 is 0 Å². The van der Waals surface area contributed by atoms with E-state index in [0.717, 1.165) is 33.2 Å². The molecule has 0 aliphatic carbocycles. The molecule has 2 aromatic heterocycles. The fourth-order valence-electron chi connectivity index (χ4n) is 2.76. The average Bonchev–Trinajstić information content (AvgIpc) is 3.09. The molecule has 0 fully saturated rings. The number of aromatic amines is 1. The highest BCUT2D eigenvalue weighted by molar-refractivity contribution is 7.98. The zero-order valence-electron chi connectivity index (χ0n) is 14.8. The summed E-state index contributed by atoms with van der Waals surface area (Å²) in [5.41, 5.74) is 4.53. The molecule has 0 saturated heterocycles. The minimum atomic E-state index is -0.275. The second-order valence-electron chi connectivity index (χ2n) is 6.15. The summed E-state index contributed by atoms with van der Waals surface area (Å²) >= 11 is 1.54. The summed E-state index contributed by atoms with van der Waals surface area (Å²) < 4.78 is 19.3. The number of rotatable bonds is 6. The quantitative estimate of drug-likeness (QED) is 0.463. The summed E-state index contributed by atoms with van der Waals surface area (Å²) in [5.74, 6) is 1.20. The van der Waals surface area contributed by atoms with Gasteiger partial charge in [-0.15, -0.1) is 0 Å². The normalized spacial score (nSPS) is 11.0. The molecule has 2 heterocycles. The van der Waals surface area contributed by atoms with Crippen LogP contribution in [-0.2, 0) is 12.4 Å². The Morgan fingerprint density at radius 3 is 2.81 bits per heavy atom. The Kier molecular flexibility index (Phi) is 5.07. The van der Waals surface area contributed by atoms with E-state index in [2.05, 4.69) is 15.0 Å². The zero-order chi connectivity index (χ0) is 18.6. The van der Waals surface area contributed by atoms with Crippen molar-refractivity contribution in [2.24, 2.45) is 0 Å². The lowest BCUT2D eigenvalue weighted by Gasteiger charge is -2.11. The summed E-state index contributed by atoms with van der Waals surface area (Å²) in [6.07, 6.45) is 1.76. The van der Waals surface area contributed by atoms with Gasteiger partial charge in [0.05, 0.1) is 16.7 Å². The molecule has 6 heteroatoms. The van der Waals surface area contributed by atoms with E-state index in [0.29, 0.717) is 17.9 Å². The third kappa shape index (κ3) is 4.11. The maximum atomic E-state index is 13.3. The first-order chi connectivity index (χ1) is 13.2. The molecule has 4 nitrogen and oxygen atoms in total. The molecule has 4 rings (SSSR count). The van der Waals surface area contributed by atoms with Crippen LogP contribution in [0.15, 0.2) is 66.0 Å². The number of thioether (sulfide) groups is 1. The summed E-state index contributed by atoms with van der Waals surface area (Å²) in [4.78, 5) is 12.1. The van der Waals surface area contributed by atoms with Gasteiger partial charge in [-0.3, -0.25) is 4.98 Å². The number of hydrogen-bond donors (Lipinski definition) is 1. The molecule has 0 unspecified atom stereocenters. The van der Waals surface area contributed by atoms with Crippen LogP contribution >= 0.6 is 11.8 Å². The van der Waals surface area contributed by atoms with Crippen molar-refractivity contribution in [1.82, 2.24) is 15.0 Å². The van der Waals surface area contributed by atoms with Crippen molar-refractivity contribution >= 4 is 22.8 Å². The molecule has 136 valence electrons. The standard InChI is InChI=1S/C21H18FN3OS/c1-14-19(13-27-21-24-17-8-7-16(22)11-18(17)25-21)23-10-9-20(14)26-12-15-5-3-2-4-6-15/h2-11H,12-13H2,1H3,(H,24,25). The van der Waals surface area contributed by atoms with Crippen molar-refractivity contribution in [1.29, 1.82) is 0 Å². The lowest BCUT2D eigenvalue weighted by molar-refractivity contribution is 0.303. The van der Waals surface area contributed by atoms with E-state index in [9.17, 15) is 4.39 Å². The largest absolute Gasteiger partial charge is 0.489 e. The third-order valence-corrected chi connectivity index (χ3v) is 5.15. The van der Waals surface area contributed by atoms with Crippen LogP contribution in [-0.4, -0.2) is 15.0 Å². The minimum absolute atomic E-state index is 0.275. The molecule has 0 aliphatic rings. The molecule has 27 heavy (non-hydrogen) atoms. The Balaban J connectivity index is 1.45. The number of imidazole rings is 1. The van der Waals surface area contributed by atoms with Crippen LogP contribution in [0.2, 0.25) is 0 Å². The molecule has 1 N–H and O–H groups in total. The topological polar surface area (TPSA) is 50.8 Å². The van der Waals surface area contributed by atoms with Gasteiger partial charge in [-0.1, -0.05) is 42.1 Å². The highest BCUT2D eigenvalue weighted by Crippen LogP contribution is 2.27. The molecule has 4 aromatic rings. The molecule has 0 spiro atoms. The van der Waals surface area contributed by atoms with Gasteiger partial charge in [-0.05, 0) is 36.8 Å². The number of aromatic nitrogens is 3. The fourth-order valence-corrected chi connectivity index (χ4v) is 3.67. The number of nitrogens with zero attached hydrogens (tertiary/aromatic N) is 2. The van der Waals surface area contributed by atoms with E-state index < -0.39 is 0 Å². The van der Waals surface area contributed by atoms with Crippen LogP contribution in [0.1, 0.15) is 16.8 Å². The predicted octanol–water partition coefficient (Wildman–Crippen LogP) is 5.28. The van der Waals surface area contributed by atoms with Gasteiger partial charge in [-0.2, -0.15) is 0 Å². The maximum absolute atomic E-state index is 13.3. The Hall–Kier alpha value is -2.86. The Morgan fingerprint density at radius 1 is 1.11 bits per heavy atom. The first-order valence-corrected chi connectivity index (χ1v) is 9.57. The number of halogens is 1. The van der Waals surface area contributed by atoms with Crippen molar-refractivity contribution in [3.8, 4) is 5.75 Å². The van der Waals surface area contributed by atoms with E-state index in [-0.39, 0.29) is 5.82 Å². The van der Waals surface area contributed by atoms with Crippen LogP contribution in [0.25, 0.3) is 11.0 Å². The van der Waals surface area contributed by atoms with Gasteiger partial charge in [0.2, 0.25) is 0 Å². The SMILES string of the molecule is Cc1c(OCc2ccccc2)ccnc1CSc1nc2ccc(F)cc2[nH]1. The van der Waals surface area contributed by atoms with Gasteiger partial charge in [-0.25, -0.2) is 9.37 Å². The van der Waals surface area contributed by atoms with Gasteiger partial charge in [0.1, 0.15) is 18.2 Å². The molecule has 0 aliphatic heterocycles. The maximum Gasteiger partial charge on any atom is 0.166 e. The molecular formula is C21H18FN3OS. The van der Waals surface area contributed by atoms with E-state index in [1.807, 2.05) is 43.3 Å². The van der Waals surface area contributed by atoms with Crippen molar-refractivity contribution in [3.05, 3.63) is 83.4 Å². The van der Waals surface area contributed by atoms with Crippen LogP contribution in [0.4, 0.5) is 4.39 Å². The first-order valence-electron chi connectivity index (χ1n) is 8.58. The molecule has 2 aromatic carbocycles. The second kappa shape index (κ2) is 7.80. The number of ether oxygens (including phenoxy) is 1. The third-order valence-electron chi connectivity index (χ3n) is 4.26. The average molecular weight is 379 g/mol. The molecule has 0 radical (unpaired) electrons. The number of nitrogens with one attached hydrogen (secondary N) is 1. The van der Waals surface area contributed by atoms with Crippen LogP contribution in [0, 0.1) is 12.7 Å². The molecule has 0 bridgehead atoms. The van der Waals surface area contributed by atoms with Crippen molar-refractivity contribution < 1.29 is 9.13 Å². The van der Waals surface area contributed by atoms with Gasteiger partial charge in [0.25, 0.3) is 0 Å². The van der Waals surface area contributed by atoms with Gasteiger partial charge in [0, 0.05) is 17.5 Å². The summed E-state index contributed by atoms with van der Waals surface area (Å²) in [5, 5.41) is 0.743. The zero-order valence-corrected chi connectivity index (χ0v) is 15.6. The van der Waals surface area contributed by atoms with E-state index in [1.165, 1.54) is 23.9 Å². The Bertz CT molecular complexity index is 1070. The Morgan fingerprint density at radius 2 is 1.96 bits per heavy atom. The monoisotopic (exact) mass is 379 g/mol. The Labute approximate surface area is 160 Å². The van der Waals surface area contributed by atoms with Gasteiger partial charge in [0.15, 0.2) is 5.16 Å². The second-order valence-corrected chi connectivity index (χ2v) is 7.11. The fraction of sp³-hybridized carbons (Fsp3) is 0.143. The summed E-state index contributed by atoms with van der Waals surface area (Å²) in [7, 11) is 0. The predicted molar refractivity (Wildman–Crippen MR) is 105 cm³/mol. The summed E-state index contributed by atoms with van der Waals surface area (Å²) in [6, 6.07) is 16.5. The number of H-pyrrole nitrogens is 1. The summed E-state index contributed by atoms with van der Waals surface area (Å²) in [6.45, 7) is 2.53. The highest BCUT2D eigenvalue weighted by atomic mass is 32.2. The molecule has 0 atom stereocenters. The highest BCUT2D eigenvalue weighted by Gasteiger charge is 2.10. The number of pyridine rings is 1. The minimum Gasteiger partial charge on any atom is -0.489 e. The number of fused-ring (bicyclic) bond motifs is 1. The first kappa shape index (κ1) is 17.5. The van der Waals surface area contributed by atoms with Crippen molar-refractivity contribution in [3.63, 3.8) is 0 Å². The molecule has 0 amide bonds. The van der Waals surface area contributed by atoms with E-state index in [4.69, 9.17) is 4.74 Å². The number of benzene rings is 2. The van der Waals surface area contributed by atoms with Crippen LogP contribution < -0.4 is 4.74 Å². The number of hydrogen-bond acceptors (Lipinski definition) is 4. The smallest absolute Gasteiger partial charge is 0.166 e. The molecular weight excluding hydrogens is 361 g/mol. The van der Waals surface area contributed by atoms with Crippen molar-refractivity contribution in [2.75, 3.05) is 0 Å². The van der Waals surface area contributed by atoms with Gasteiger partial charge < -0.3 is 9.72 Å². The van der Waals surface area contributed by atoms with Crippen molar-refractivity contribution in [2.45, 2.75) is 24.4 Å². The van der Waals surface area contributed by atoms with Gasteiger partial charge >= 0.3 is 0 Å². The van der Waals surface area contributed by atoms with E-state index in [1.54, 1.807) is 12.3 Å². The lowest BCUT2D eigenvalue weighted by atomic mass is 10.2. The van der Waals surface area contributed by atoms with Crippen LogP contribution in [0.5, 0.6) is 5.75 Å². The van der Waals surface area contributed by atoms with Crippen LogP contribution in [0.3, 0.4) is 0 Å².